The van der Waals surface area contributed by atoms with E-state index in [0.29, 0.717) is 17.3 Å². The van der Waals surface area contributed by atoms with Crippen molar-refractivity contribution >= 4 is 17.3 Å². The molecule has 2 unspecified atom stereocenters. The molecule has 0 aliphatic carbocycles. The molecule has 1 aromatic carbocycles. The lowest BCUT2D eigenvalue weighted by Gasteiger charge is -2.18. The second kappa shape index (κ2) is 7.28. The molecule has 0 radical (unpaired) electrons. The predicted molar refractivity (Wildman–Crippen MR) is 92.4 cm³/mol. The standard InChI is InChI=1S/C17H23N5O/c1-12(13-6-3-2-4-7-13)22-17-15(18)16(20-11-21-17)19-10-14-8-5-9-23-14/h2-4,6-7,11-12,14H,5,8-10,18H2,1H3,(H2,19,20,21,22). The molecule has 2 atom stereocenters. The molecule has 1 fully saturated rings. The van der Waals surface area contributed by atoms with Gasteiger partial charge in [-0.2, -0.15) is 0 Å². The number of hydrogen-bond acceptors (Lipinski definition) is 6. The normalized spacial score (nSPS) is 18.6. The molecule has 0 bridgehead atoms. The third-order valence-corrected chi connectivity index (χ3v) is 4.06. The van der Waals surface area contributed by atoms with Crippen LogP contribution in [-0.4, -0.2) is 29.2 Å². The SMILES string of the molecule is CC(Nc1ncnc(NCC2CCCO2)c1N)c1ccccc1. The Kier molecular flexibility index (Phi) is 4.92. The molecule has 0 spiro atoms. The molecule has 1 aliphatic heterocycles. The van der Waals surface area contributed by atoms with Crippen molar-refractivity contribution in [2.75, 3.05) is 29.5 Å². The van der Waals surface area contributed by atoms with Gasteiger partial charge in [0.25, 0.3) is 0 Å². The van der Waals surface area contributed by atoms with Crippen LogP contribution in [0.2, 0.25) is 0 Å². The predicted octanol–water partition coefficient (Wildman–Crippen LogP) is 2.82. The van der Waals surface area contributed by atoms with Crippen molar-refractivity contribution in [1.82, 2.24) is 9.97 Å². The van der Waals surface area contributed by atoms with Gasteiger partial charge in [0.2, 0.25) is 0 Å². The minimum atomic E-state index is 0.111. The van der Waals surface area contributed by atoms with Crippen LogP contribution in [0, 0.1) is 0 Å². The molecule has 122 valence electrons. The van der Waals surface area contributed by atoms with Crippen LogP contribution in [0.5, 0.6) is 0 Å². The van der Waals surface area contributed by atoms with Gasteiger partial charge in [0.05, 0.1) is 12.1 Å². The van der Waals surface area contributed by atoms with E-state index >= 15 is 0 Å². The summed E-state index contributed by atoms with van der Waals surface area (Å²) >= 11 is 0. The Morgan fingerprint density at radius 2 is 2.04 bits per heavy atom. The minimum Gasteiger partial charge on any atom is -0.393 e. The van der Waals surface area contributed by atoms with Crippen molar-refractivity contribution in [3.05, 3.63) is 42.2 Å². The van der Waals surface area contributed by atoms with Crippen molar-refractivity contribution < 1.29 is 4.74 Å². The lowest BCUT2D eigenvalue weighted by atomic mass is 10.1. The van der Waals surface area contributed by atoms with E-state index in [0.717, 1.165) is 26.0 Å². The Labute approximate surface area is 136 Å². The number of hydrogen-bond donors (Lipinski definition) is 3. The number of benzene rings is 1. The maximum Gasteiger partial charge on any atom is 0.155 e. The Morgan fingerprint density at radius 3 is 2.78 bits per heavy atom. The maximum absolute atomic E-state index is 6.20. The summed E-state index contributed by atoms with van der Waals surface area (Å²) in [5.41, 5.74) is 7.92. The van der Waals surface area contributed by atoms with Gasteiger partial charge in [-0.05, 0) is 25.3 Å². The summed E-state index contributed by atoms with van der Waals surface area (Å²) in [4.78, 5) is 8.50. The van der Waals surface area contributed by atoms with Crippen LogP contribution in [-0.2, 0) is 4.74 Å². The highest BCUT2D eigenvalue weighted by molar-refractivity contribution is 5.74. The van der Waals surface area contributed by atoms with Crippen LogP contribution < -0.4 is 16.4 Å². The van der Waals surface area contributed by atoms with Crippen LogP contribution >= 0.6 is 0 Å². The third kappa shape index (κ3) is 3.90. The fraction of sp³-hybridized carbons (Fsp3) is 0.412. The molecule has 2 heterocycles. The number of nitrogens with zero attached hydrogens (tertiary/aromatic N) is 2. The maximum atomic E-state index is 6.20. The summed E-state index contributed by atoms with van der Waals surface area (Å²) in [5, 5.41) is 6.61. The Hall–Kier alpha value is -2.34. The highest BCUT2D eigenvalue weighted by Gasteiger charge is 2.17. The summed E-state index contributed by atoms with van der Waals surface area (Å²) in [6.07, 6.45) is 3.96. The van der Waals surface area contributed by atoms with E-state index in [4.69, 9.17) is 10.5 Å². The Balaban J connectivity index is 1.66. The average molecular weight is 313 g/mol. The summed E-state index contributed by atoms with van der Waals surface area (Å²) in [6.45, 7) is 3.64. The molecule has 4 N–H and O–H groups in total. The first-order chi connectivity index (χ1) is 11.2. The number of rotatable bonds is 6. The highest BCUT2D eigenvalue weighted by atomic mass is 16.5. The number of nitrogens with one attached hydrogen (secondary N) is 2. The van der Waals surface area contributed by atoms with E-state index in [1.807, 2.05) is 18.2 Å². The van der Waals surface area contributed by atoms with Crippen molar-refractivity contribution in [3.8, 4) is 0 Å². The van der Waals surface area contributed by atoms with Gasteiger partial charge in [-0.15, -0.1) is 0 Å². The van der Waals surface area contributed by atoms with Gasteiger partial charge >= 0.3 is 0 Å². The molecule has 23 heavy (non-hydrogen) atoms. The molecular weight excluding hydrogens is 290 g/mol. The summed E-state index contributed by atoms with van der Waals surface area (Å²) in [6, 6.07) is 10.3. The van der Waals surface area contributed by atoms with Gasteiger partial charge in [-0.3, -0.25) is 0 Å². The average Bonchev–Trinajstić information content (AvgIpc) is 3.10. The number of anilines is 3. The molecule has 6 nitrogen and oxygen atoms in total. The molecular formula is C17H23N5O. The zero-order chi connectivity index (χ0) is 16.1. The first-order valence-electron chi connectivity index (χ1n) is 8.01. The number of nitrogen functional groups attached to an aromatic ring is 1. The second-order valence-corrected chi connectivity index (χ2v) is 5.78. The lowest BCUT2D eigenvalue weighted by molar-refractivity contribution is 0.120. The van der Waals surface area contributed by atoms with Crippen molar-refractivity contribution in [1.29, 1.82) is 0 Å². The smallest absolute Gasteiger partial charge is 0.155 e. The monoisotopic (exact) mass is 313 g/mol. The molecule has 0 saturated carbocycles. The molecule has 1 aliphatic rings. The highest BCUT2D eigenvalue weighted by Crippen LogP contribution is 2.26. The van der Waals surface area contributed by atoms with Gasteiger partial charge in [0.15, 0.2) is 11.6 Å². The lowest BCUT2D eigenvalue weighted by Crippen LogP contribution is -2.20. The van der Waals surface area contributed by atoms with Crippen LogP contribution in [0.25, 0.3) is 0 Å². The van der Waals surface area contributed by atoms with E-state index in [-0.39, 0.29) is 12.1 Å². The Bertz CT molecular complexity index is 628. The molecule has 6 heteroatoms. The first kappa shape index (κ1) is 15.6. The summed E-state index contributed by atoms with van der Waals surface area (Å²) in [5.74, 6) is 1.30. The second-order valence-electron chi connectivity index (χ2n) is 5.78. The van der Waals surface area contributed by atoms with Gasteiger partial charge in [0.1, 0.15) is 12.0 Å². The van der Waals surface area contributed by atoms with Crippen LogP contribution in [0.3, 0.4) is 0 Å². The van der Waals surface area contributed by atoms with Gasteiger partial charge in [-0.25, -0.2) is 9.97 Å². The van der Waals surface area contributed by atoms with E-state index in [9.17, 15) is 0 Å². The molecule has 1 aromatic heterocycles. The molecule has 1 saturated heterocycles. The summed E-state index contributed by atoms with van der Waals surface area (Å²) in [7, 11) is 0. The van der Waals surface area contributed by atoms with E-state index in [2.05, 4.69) is 39.7 Å². The molecule has 3 rings (SSSR count). The zero-order valence-corrected chi connectivity index (χ0v) is 13.3. The zero-order valence-electron chi connectivity index (χ0n) is 13.3. The topological polar surface area (TPSA) is 85.1 Å². The third-order valence-electron chi connectivity index (χ3n) is 4.06. The van der Waals surface area contributed by atoms with E-state index in [1.54, 1.807) is 0 Å². The van der Waals surface area contributed by atoms with Gasteiger partial charge < -0.3 is 21.1 Å². The van der Waals surface area contributed by atoms with Crippen molar-refractivity contribution in [2.45, 2.75) is 31.9 Å². The Morgan fingerprint density at radius 1 is 1.26 bits per heavy atom. The summed E-state index contributed by atoms with van der Waals surface area (Å²) < 4.78 is 5.60. The van der Waals surface area contributed by atoms with Crippen molar-refractivity contribution in [2.24, 2.45) is 0 Å². The quantitative estimate of drug-likeness (QED) is 0.760. The van der Waals surface area contributed by atoms with E-state index < -0.39 is 0 Å². The van der Waals surface area contributed by atoms with Gasteiger partial charge in [-0.1, -0.05) is 30.3 Å². The van der Waals surface area contributed by atoms with Gasteiger partial charge in [0, 0.05) is 13.2 Å². The van der Waals surface area contributed by atoms with Crippen LogP contribution in [0.4, 0.5) is 17.3 Å². The number of nitrogens with two attached hydrogens (primary N) is 1. The molecule has 0 amide bonds. The number of aromatic nitrogens is 2. The largest absolute Gasteiger partial charge is 0.393 e. The van der Waals surface area contributed by atoms with Crippen LogP contribution in [0.1, 0.15) is 31.4 Å². The van der Waals surface area contributed by atoms with Crippen LogP contribution in [0.15, 0.2) is 36.7 Å². The fourth-order valence-corrected chi connectivity index (χ4v) is 2.70. The fourth-order valence-electron chi connectivity index (χ4n) is 2.70. The minimum absolute atomic E-state index is 0.111. The molecule has 2 aromatic rings. The van der Waals surface area contributed by atoms with E-state index in [1.165, 1.54) is 11.9 Å². The van der Waals surface area contributed by atoms with Crippen molar-refractivity contribution in [3.63, 3.8) is 0 Å². The first-order valence-corrected chi connectivity index (χ1v) is 8.01. The number of ether oxygens (including phenoxy) is 1.